The second-order valence-corrected chi connectivity index (χ2v) is 10.3. The summed E-state index contributed by atoms with van der Waals surface area (Å²) >= 11 is 0. The molecule has 0 spiro atoms. The van der Waals surface area contributed by atoms with Crippen molar-refractivity contribution in [2.45, 2.75) is 38.0 Å². The zero-order valence-electron chi connectivity index (χ0n) is 24.3. The number of hydrogen-bond donors (Lipinski definition) is 2. The highest BCUT2D eigenvalue weighted by Crippen LogP contribution is 2.22. The maximum atomic E-state index is 12.7. The molecule has 45 heavy (non-hydrogen) atoms. The fraction of sp³-hybridized carbons (Fsp3) is 0.200. The number of alkyl halides is 3. The third-order valence-corrected chi connectivity index (χ3v) is 6.63. The van der Waals surface area contributed by atoms with Gasteiger partial charge in [-0.05, 0) is 89.9 Å². The molecular formula is C35H33F3N2O5. The molecule has 10 heteroatoms. The minimum absolute atomic E-state index is 0.0877. The van der Waals surface area contributed by atoms with Gasteiger partial charge in [-0.2, -0.15) is 13.2 Å². The Morgan fingerprint density at radius 3 is 1.80 bits per heavy atom. The van der Waals surface area contributed by atoms with Crippen molar-refractivity contribution in [2.75, 3.05) is 18.1 Å². The van der Waals surface area contributed by atoms with Crippen molar-refractivity contribution in [1.29, 1.82) is 0 Å². The van der Waals surface area contributed by atoms with E-state index >= 15 is 0 Å². The monoisotopic (exact) mass is 618 g/mol. The fourth-order valence-corrected chi connectivity index (χ4v) is 4.32. The van der Waals surface area contributed by atoms with Gasteiger partial charge >= 0.3 is 18.1 Å². The molecule has 0 aliphatic heterocycles. The molecule has 0 aliphatic rings. The predicted octanol–water partition coefficient (Wildman–Crippen LogP) is 7.20. The summed E-state index contributed by atoms with van der Waals surface area (Å²) in [5.74, 6) is -0.475. The molecule has 0 saturated carbocycles. The SMILES string of the molecule is Nc1ccc(CC(Cc2ccc(N)cc2)OC(=O)C=Cc2ccc(OC(=O)c3ccc(OCCCC(F)(F)F)cc3)cc2)cc1. The highest BCUT2D eigenvalue weighted by Gasteiger charge is 2.26. The molecule has 0 fully saturated rings. The van der Waals surface area contributed by atoms with Crippen LogP contribution in [-0.2, 0) is 22.4 Å². The molecule has 0 unspecified atom stereocenters. The highest BCUT2D eigenvalue weighted by atomic mass is 19.4. The summed E-state index contributed by atoms with van der Waals surface area (Å²) in [6.45, 7) is -0.0877. The largest absolute Gasteiger partial charge is 0.494 e. The van der Waals surface area contributed by atoms with E-state index in [1.165, 1.54) is 30.3 Å². The average molecular weight is 619 g/mol. The topological polar surface area (TPSA) is 114 Å². The number of hydrogen-bond acceptors (Lipinski definition) is 7. The van der Waals surface area contributed by atoms with Gasteiger partial charge in [0.25, 0.3) is 0 Å². The van der Waals surface area contributed by atoms with E-state index in [0.717, 1.165) is 11.1 Å². The zero-order valence-corrected chi connectivity index (χ0v) is 24.3. The van der Waals surface area contributed by atoms with Gasteiger partial charge in [0.2, 0.25) is 0 Å². The first-order chi connectivity index (χ1) is 21.5. The Balaban J connectivity index is 1.29. The minimum Gasteiger partial charge on any atom is -0.494 e. The molecule has 0 saturated heterocycles. The summed E-state index contributed by atoms with van der Waals surface area (Å²) in [7, 11) is 0. The second-order valence-electron chi connectivity index (χ2n) is 10.3. The van der Waals surface area contributed by atoms with E-state index in [9.17, 15) is 22.8 Å². The molecule has 0 radical (unpaired) electrons. The van der Waals surface area contributed by atoms with Gasteiger partial charge in [-0.1, -0.05) is 36.4 Å². The Hall–Kier alpha value is -5.25. The number of carbonyl (C=O) groups is 2. The number of benzene rings is 4. The number of esters is 2. The van der Waals surface area contributed by atoms with Crippen molar-refractivity contribution < 1.29 is 37.0 Å². The van der Waals surface area contributed by atoms with E-state index in [2.05, 4.69) is 0 Å². The maximum absolute atomic E-state index is 12.7. The van der Waals surface area contributed by atoms with Crippen molar-refractivity contribution in [1.82, 2.24) is 0 Å². The number of rotatable bonds is 13. The van der Waals surface area contributed by atoms with Gasteiger partial charge in [0.1, 0.15) is 17.6 Å². The van der Waals surface area contributed by atoms with Crippen LogP contribution in [0.15, 0.2) is 103 Å². The molecular weight excluding hydrogens is 585 g/mol. The number of nitrogens with two attached hydrogens (primary N) is 2. The predicted molar refractivity (Wildman–Crippen MR) is 167 cm³/mol. The van der Waals surface area contributed by atoms with E-state index < -0.39 is 30.6 Å². The standard InChI is InChI=1S/C35H33F3N2O5/c36-35(37,38)20-1-21-43-30-17-9-27(10-18-30)34(42)45-31-15-6-24(7-16-31)8-19-33(41)44-32(22-25-2-11-28(39)12-3-25)23-26-4-13-29(40)14-5-26/h2-19,32H,1,20-23,39-40H2. The molecule has 0 aliphatic carbocycles. The van der Waals surface area contributed by atoms with Crippen LogP contribution in [0.25, 0.3) is 6.08 Å². The van der Waals surface area contributed by atoms with Crippen LogP contribution in [0.2, 0.25) is 0 Å². The first-order valence-electron chi connectivity index (χ1n) is 14.2. The van der Waals surface area contributed by atoms with Gasteiger partial charge in [0.15, 0.2) is 0 Å². The summed E-state index contributed by atoms with van der Waals surface area (Å²) in [6.07, 6.45) is -1.78. The van der Waals surface area contributed by atoms with E-state index in [0.29, 0.717) is 41.3 Å². The Labute approximate surface area is 259 Å². The van der Waals surface area contributed by atoms with Crippen LogP contribution in [-0.4, -0.2) is 30.8 Å². The molecule has 0 atom stereocenters. The van der Waals surface area contributed by atoms with Gasteiger partial charge < -0.3 is 25.7 Å². The Morgan fingerprint density at radius 1 is 0.733 bits per heavy atom. The molecule has 4 aromatic carbocycles. The van der Waals surface area contributed by atoms with Gasteiger partial charge in [-0.25, -0.2) is 9.59 Å². The zero-order chi connectivity index (χ0) is 32.2. The molecule has 234 valence electrons. The quantitative estimate of drug-likeness (QED) is 0.0536. The first kappa shape index (κ1) is 32.7. The molecule has 4 rings (SSSR count). The van der Waals surface area contributed by atoms with Crippen molar-refractivity contribution in [3.63, 3.8) is 0 Å². The molecule has 0 bridgehead atoms. The van der Waals surface area contributed by atoms with Crippen molar-refractivity contribution >= 4 is 29.4 Å². The van der Waals surface area contributed by atoms with Crippen LogP contribution in [0.3, 0.4) is 0 Å². The fourth-order valence-electron chi connectivity index (χ4n) is 4.32. The lowest BCUT2D eigenvalue weighted by Crippen LogP contribution is -2.22. The van der Waals surface area contributed by atoms with Crippen LogP contribution >= 0.6 is 0 Å². The Morgan fingerprint density at radius 2 is 1.27 bits per heavy atom. The molecule has 4 N–H and O–H groups in total. The van der Waals surface area contributed by atoms with Crippen molar-refractivity contribution in [3.8, 4) is 11.5 Å². The van der Waals surface area contributed by atoms with Crippen LogP contribution in [0, 0.1) is 0 Å². The maximum Gasteiger partial charge on any atom is 0.389 e. The van der Waals surface area contributed by atoms with Crippen molar-refractivity contribution in [3.05, 3.63) is 125 Å². The minimum atomic E-state index is -4.22. The third kappa shape index (κ3) is 11.4. The lowest BCUT2D eigenvalue weighted by Gasteiger charge is -2.18. The molecule has 4 aromatic rings. The van der Waals surface area contributed by atoms with Gasteiger partial charge in [-0.3, -0.25) is 0 Å². The smallest absolute Gasteiger partial charge is 0.389 e. The average Bonchev–Trinajstić information content (AvgIpc) is 3.01. The molecule has 7 nitrogen and oxygen atoms in total. The summed E-state index contributed by atoms with van der Waals surface area (Å²) in [6, 6.07) is 27.3. The number of carbonyl (C=O) groups excluding carboxylic acids is 2. The normalized spacial score (nSPS) is 11.5. The van der Waals surface area contributed by atoms with E-state index in [1.54, 1.807) is 54.6 Å². The van der Waals surface area contributed by atoms with Crippen LogP contribution in [0.4, 0.5) is 24.5 Å². The van der Waals surface area contributed by atoms with E-state index in [-0.39, 0.29) is 18.6 Å². The Bertz CT molecular complexity index is 1520. The molecule has 0 amide bonds. The summed E-state index contributed by atoms with van der Waals surface area (Å²) in [4.78, 5) is 25.3. The molecule has 0 aromatic heterocycles. The van der Waals surface area contributed by atoms with Gasteiger partial charge in [0, 0.05) is 36.7 Å². The number of anilines is 2. The van der Waals surface area contributed by atoms with Crippen LogP contribution in [0.5, 0.6) is 11.5 Å². The Kier molecular flexibility index (Phi) is 11.2. The van der Waals surface area contributed by atoms with E-state index in [4.69, 9.17) is 25.7 Å². The number of ether oxygens (including phenoxy) is 3. The van der Waals surface area contributed by atoms with Crippen LogP contribution < -0.4 is 20.9 Å². The van der Waals surface area contributed by atoms with Gasteiger partial charge in [0.05, 0.1) is 12.2 Å². The summed E-state index contributed by atoms with van der Waals surface area (Å²) in [5, 5.41) is 0. The van der Waals surface area contributed by atoms with Crippen molar-refractivity contribution in [2.24, 2.45) is 0 Å². The second kappa shape index (κ2) is 15.5. The van der Waals surface area contributed by atoms with Gasteiger partial charge in [-0.15, -0.1) is 0 Å². The highest BCUT2D eigenvalue weighted by molar-refractivity contribution is 5.91. The number of halogens is 3. The molecule has 0 heterocycles. The third-order valence-electron chi connectivity index (χ3n) is 6.63. The van der Waals surface area contributed by atoms with E-state index in [1.807, 2.05) is 24.3 Å². The summed E-state index contributed by atoms with van der Waals surface area (Å²) in [5.41, 5.74) is 15.8. The lowest BCUT2D eigenvalue weighted by atomic mass is 10.0. The lowest BCUT2D eigenvalue weighted by molar-refractivity contribution is -0.142. The number of nitrogen functional groups attached to an aromatic ring is 2. The summed E-state index contributed by atoms with van der Waals surface area (Å²) < 4.78 is 53.2. The first-order valence-corrected chi connectivity index (χ1v) is 14.2. The van der Waals surface area contributed by atoms with Crippen LogP contribution in [0.1, 0.15) is 39.9 Å².